The normalized spacial score (nSPS) is 16.1. The van der Waals surface area contributed by atoms with Crippen molar-refractivity contribution in [2.24, 2.45) is 4.99 Å². The zero-order valence-electron chi connectivity index (χ0n) is 22.9. The summed E-state index contributed by atoms with van der Waals surface area (Å²) in [6, 6.07) is 25.0. The summed E-state index contributed by atoms with van der Waals surface area (Å²) in [7, 11) is 0. The molecule has 0 spiro atoms. The predicted molar refractivity (Wildman–Crippen MR) is 169 cm³/mol. The van der Waals surface area contributed by atoms with Gasteiger partial charge >= 0.3 is 0 Å². The maximum Gasteiger partial charge on any atom is 0.271 e. The van der Waals surface area contributed by atoms with Gasteiger partial charge in [-0.3, -0.25) is 19.5 Å². The molecule has 9 heteroatoms. The van der Waals surface area contributed by atoms with Gasteiger partial charge in [-0.25, -0.2) is 4.99 Å². The molecule has 7 nitrogen and oxygen atoms in total. The fourth-order valence-electron chi connectivity index (χ4n) is 6.16. The molecule has 0 bridgehead atoms. The molecule has 2 aromatic heterocycles. The monoisotopic (exact) mass is 636 g/mol. The largest absolute Gasteiger partial charge is 0.318 e. The standard InChI is InChI=1S/C33H25BrN4O3S/c1-19-17-23(20(2)36(19)25-12-14-26(15-13-25)38(40)41)18-29-32(39)37-31(22-7-10-24(34)11-8-22)28-16-9-21-5-3-4-6-27(21)30(28)35-33(37)42-29/h3-8,10-15,17-18,31H,9,16H2,1-2H3/b29-18+/t31-/m1/s1. The molecular formula is C33H25BrN4O3S. The van der Waals surface area contributed by atoms with Gasteiger partial charge in [-0.15, -0.1) is 0 Å². The highest BCUT2D eigenvalue weighted by atomic mass is 79.9. The fourth-order valence-corrected chi connectivity index (χ4v) is 7.42. The van der Waals surface area contributed by atoms with Crippen molar-refractivity contribution in [1.82, 2.24) is 9.13 Å². The van der Waals surface area contributed by atoms with E-state index in [1.54, 1.807) is 12.1 Å². The van der Waals surface area contributed by atoms with Gasteiger partial charge in [0.15, 0.2) is 4.80 Å². The second-order valence-electron chi connectivity index (χ2n) is 10.6. The van der Waals surface area contributed by atoms with Crippen LogP contribution in [0.3, 0.4) is 0 Å². The van der Waals surface area contributed by atoms with Crippen LogP contribution in [-0.2, 0) is 6.42 Å². The minimum atomic E-state index is -0.401. The van der Waals surface area contributed by atoms with Crippen LogP contribution in [0.25, 0.3) is 17.5 Å². The Kier molecular flexibility index (Phi) is 6.44. The molecule has 0 N–H and O–H groups in total. The van der Waals surface area contributed by atoms with E-state index in [2.05, 4.69) is 52.3 Å². The summed E-state index contributed by atoms with van der Waals surface area (Å²) in [5, 5.41) is 11.1. The molecule has 0 fully saturated rings. The number of nitro benzene ring substituents is 1. The van der Waals surface area contributed by atoms with Crippen molar-refractivity contribution in [3.63, 3.8) is 0 Å². The lowest BCUT2D eigenvalue weighted by Gasteiger charge is -2.30. The average molecular weight is 638 g/mol. The number of hydrogen-bond acceptors (Lipinski definition) is 5. The zero-order valence-corrected chi connectivity index (χ0v) is 25.3. The van der Waals surface area contributed by atoms with E-state index in [1.807, 2.05) is 47.3 Å². The summed E-state index contributed by atoms with van der Waals surface area (Å²) in [4.78, 5) is 30.7. The van der Waals surface area contributed by atoms with E-state index in [0.717, 1.165) is 56.8 Å². The van der Waals surface area contributed by atoms with Crippen molar-refractivity contribution in [2.75, 3.05) is 0 Å². The molecule has 0 amide bonds. The lowest BCUT2D eigenvalue weighted by Crippen LogP contribution is -2.38. The Morgan fingerprint density at radius 1 is 1.02 bits per heavy atom. The first kappa shape index (κ1) is 26.6. The van der Waals surface area contributed by atoms with Gasteiger partial charge in [0.1, 0.15) is 0 Å². The van der Waals surface area contributed by atoms with Crippen LogP contribution in [0.15, 0.2) is 98.7 Å². The molecule has 3 heterocycles. The maximum absolute atomic E-state index is 14.1. The van der Waals surface area contributed by atoms with Gasteiger partial charge in [0, 0.05) is 39.2 Å². The van der Waals surface area contributed by atoms with Crippen LogP contribution in [0.1, 0.15) is 46.1 Å². The summed E-state index contributed by atoms with van der Waals surface area (Å²) in [5.41, 5.74) is 9.31. The zero-order chi connectivity index (χ0) is 29.1. The van der Waals surface area contributed by atoms with Crippen LogP contribution < -0.4 is 14.9 Å². The first-order valence-electron chi connectivity index (χ1n) is 13.6. The highest BCUT2D eigenvalue weighted by molar-refractivity contribution is 9.10. The SMILES string of the molecule is Cc1cc(/C=c2/sc3n(c2=O)[C@H](c2ccc(Br)cc2)C2=C(N=3)c3ccccc3CC2)c(C)n1-c1ccc([N+](=O)[O-])cc1. The van der Waals surface area contributed by atoms with Gasteiger partial charge in [0.2, 0.25) is 0 Å². The predicted octanol–water partition coefficient (Wildman–Crippen LogP) is 6.40. The average Bonchev–Trinajstić information content (AvgIpc) is 3.45. The van der Waals surface area contributed by atoms with Gasteiger partial charge in [-0.2, -0.15) is 0 Å². The number of non-ortho nitro benzene ring substituents is 1. The number of aromatic nitrogens is 2. The van der Waals surface area contributed by atoms with Crippen molar-refractivity contribution < 1.29 is 4.92 Å². The molecule has 1 aliphatic heterocycles. The topological polar surface area (TPSA) is 82.4 Å². The molecule has 3 aromatic carbocycles. The molecule has 0 saturated heterocycles. The number of thiazole rings is 1. The summed E-state index contributed by atoms with van der Waals surface area (Å²) in [5.74, 6) is 0. The number of nitro groups is 1. The number of halogens is 1. The molecule has 208 valence electrons. The molecular weight excluding hydrogens is 612 g/mol. The number of aryl methyl sites for hydroxylation is 2. The summed E-state index contributed by atoms with van der Waals surface area (Å²) in [6.45, 7) is 3.99. The number of allylic oxidation sites excluding steroid dienone is 1. The van der Waals surface area contributed by atoms with E-state index in [0.29, 0.717) is 9.33 Å². The quantitative estimate of drug-likeness (QED) is 0.169. The van der Waals surface area contributed by atoms with Crippen LogP contribution >= 0.6 is 27.3 Å². The third kappa shape index (κ3) is 4.31. The Bertz CT molecular complexity index is 2120. The molecule has 5 aromatic rings. The highest BCUT2D eigenvalue weighted by Crippen LogP contribution is 2.41. The first-order valence-corrected chi connectivity index (χ1v) is 15.2. The number of nitrogens with zero attached hydrogens (tertiary/aromatic N) is 4. The van der Waals surface area contributed by atoms with Crippen LogP contribution in [0, 0.1) is 24.0 Å². The number of fused-ring (bicyclic) bond motifs is 3. The van der Waals surface area contributed by atoms with E-state index in [1.165, 1.54) is 34.6 Å². The van der Waals surface area contributed by atoms with Crippen molar-refractivity contribution in [1.29, 1.82) is 0 Å². The van der Waals surface area contributed by atoms with E-state index >= 15 is 0 Å². The fraction of sp³-hybridized carbons (Fsp3) is 0.152. The Labute approximate surface area is 253 Å². The Morgan fingerprint density at radius 3 is 2.50 bits per heavy atom. The van der Waals surface area contributed by atoms with Crippen molar-refractivity contribution in [2.45, 2.75) is 32.7 Å². The molecule has 2 aliphatic rings. The lowest BCUT2D eigenvalue weighted by atomic mass is 9.83. The molecule has 1 aliphatic carbocycles. The molecule has 0 unspecified atom stereocenters. The second kappa shape index (κ2) is 10.2. The van der Waals surface area contributed by atoms with E-state index in [9.17, 15) is 14.9 Å². The van der Waals surface area contributed by atoms with E-state index < -0.39 is 4.92 Å². The van der Waals surface area contributed by atoms with Gasteiger partial charge < -0.3 is 4.57 Å². The second-order valence-corrected chi connectivity index (χ2v) is 12.5. The van der Waals surface area contributed by atoms with E-state index in [4.69, 9.17) is 4.99 Å². The van der Waals surface area contributed by atoms with E-state index in [-0.39, 0.29) is 17.3 Å². The minimum absolute atomic E-state index is 0.0493. The van der Waals surface area contributed by atoms with Crippen LogP contribution in [0.4, 0.5) is 5.69 Å². The number of rotatable bonds is 4. The van der Waals surface area contributed by atoms with Gasteiger partial charge in [-0.1, -0.05) is 63.7 Å². The van der Waals surface area contributed by atoms with Crippen LogP contribution in [0.2, 0.25) is 0 Å². The molecule has 1 atom stereocenters. The summed E-state index contributed by atoms with van der Waals surface area (Å²) >= 11 is 4.97. The van der Waals surface area contributed by atoms with Gasteiger partial charge in [0.05, 0.1) is 21.2 Å². The van der Waals surface area contributed by atoms with Crippen LogP contribution in [-0.4, -0.2) is 14.1 Å². The third-order valence-corrected chi connectivity index (χ3v) is 9.65. The lowest BCUT2D eigenvalue weighted by molar-refractivity contribution is -0.384. The Hall–Kier alpha value is -4.34. The Morgan fingerprint density at radius 2 is 1.76 bits per heavy atom. The van der Waals surface area contributed by atoms with Gasteiger partial charge in [-0.05, 0) is 85.4 Å². The smallest absolute Gasteiger partial charge is 0.271 e. The summed E-state index contributed by atoms with van der Waals surface area (Å²) < 4.78 is 5.52. The Balaban J connectivity index is 1.40. The molecule has 0 saturated carbocycles. The van der Waals surface area contributed by atoms with Crippen molar-refractivity contribution >= 4 is 44.7 Å². The van der Waals surface area contributed by atoms with Gasteiger partial charge in [0.25, 0.3) is 11.2 Å². The van der Waals surface area contributed by atoms with Crippen molar-refractivity contribution in [3.8, 4) is 5.69 Å². The van der Waals surface area contributed by atoms with Crippen LogP contribution in [0.5, 0.6) is 0 Å². The molecule has 42 heavy (non-hydrogen) atoms. The minimum Gasteiger partial charge on any atom is -0.318 e. The maximum atomic E-state index is 14.1. The first-order chi connectivity index (χ1) is 20.3. The summed E-state index contributed by atoms with van der Waals surface area (Å²) in [6.07, 6.45) is 3.71. The number of benzene rings is 3. The van der Waals surface area contributed by atoms with Crippen molar-refractivity contribution in [3.05, 3.63) is 152 Å². The molecule has 0 radical (unpaired) electrons. The number of hydrogen-bond donors (Lipinski definition) is 0. The molecule has 7 rings (SSSR count). The third-order valence-electron chi connectivity index (χ3n) is 8.13. The highest BCUT2D eigenvalue weighted by Gasteiger charge is 2.32.